The van der Waals surface area contributed by atoms with Crippen LogP contribution in [-0.4, -0.2) is 68.9 Å². The molecule has 1 saturated heterocycles. The second kappa shape index (κ2) is 5.45. The molecular formula is C13H24N2O3. The van der Waals surface area contributed by atoms with E-state index in [1.807, 2.05) is 4.90 Å². The third-order valence-corrected chi connectivity index (χ3v) is 4.13. The van der Waals surface area contributed by atoms with Gasteiger partial charge >= 0.3 is 6.03 Å². The van der Waals surface area contributed by atoms with Crippen molar-refractivity contribution in [3.05, 3.63) is 0 Å². The molecule has 1 spiro atoms. The van der Waals surface area contributed by atoms with Crippen molar-refractivity contribution < 1.29 is 14.3 Å². The predicted molar refractivity (Wildman–Crippen MR) is 68.6 cm³/mol. The summed E-state index contributed by atoms with van der Waals surface area (Å²) in [6.07, 6.45) is 3.34. The number of urea groups is 1. The van der Waals surface area contributed by atoms with Crippen LogP contribution in [0, 0.1) is 5.92 Å². The molecule has 0 bridgehead atoms. The molecule has 0 N–H and O–H groups in total. The van der Waals surface area contributed by atoms with Crippen LogP contribution in [0.25, 0.3) is 0 Å². The van der Waals surface area contributed by atoms with E-state index in [0.717, 1.165) is 25.9 Å². The zero-order valence-corrected chi connectivity index (χ0v) is 11.6. The average molecular weight is 256 g/mol. The van der Waals surface area contributed by atoms with Gasteiger partial charge in [-0.25, -0.2) is 4.79 Å². The molecular weight excluding hydrogens is 232 g/mol. The predicted octanol–water partition coefficient (Wildman–Crippen LogP) is 1.19. The van der Waals surface area contributed by atoms with E-state index < -0.39 is 0 Å². The summed E-state index contributed by atoms with van der Waals surface area (Å²) in [6.45, 7) is 2.76. The Morgan fingerprint density at radius 1 is 1.56 bits per heavy atom. The van der Waals surface area contributed by atoms with Crippen molar-refractivity contribution in [1.29, 1.82) is 0 Å². The first-order valence-electron chi connectivity index (χ1n) is 6.68. The van der Waals surface area contributed by atoms with Gasteiger partial charge in [0.25, 0.3) is 0 Å². The molecule has 2 fully saturated rings. The topological polar surface area (TPSA) is 42.0 Å². The number of rotatable bonds is 2. The van der Waals surface area contributed by atoms with Crippen molar-refractivity contribution in [3.63, 3.8) is 0 Å². The number of methoxy groups -OCH3 is 1. The smallest absolute Gasteiger partial charge is 0.319 e. The van der Waals surface area contributed by atoms with Crippen LogP contribution in [0.15, 0.2) is 0 Å². The molecule has 5 heteroatoms. The summed E-state index contributed by atoms with van der Waals surface area (Å²) in [5.41, 5.74) is -0.167. The molecule has 104 valence electrons. The Hall–Kier alpha value is -0.810. The Labute approximate surface area is 109 Å². The molecule has 1 saturated carbocycles. The standard InChI is InChI=1S/C13H24N2O3/c1-14(2)12(16)15-7-8-18-13(10-15)6-4-5-11(13)9-17-3/h11H,4-10H2,1-3H3/t11-,13+/m0/s1. The van der Waals surface area contributed by atoms with E-state index in [-0.39, 0.29) is 11.6 Å². The highest BCUT2D eigenvalue weighted by Gasteiger charge is 2.47. The van der Waals surface area contributed by atoms with Crippen LogP contribution in [0.4, 0.5) is 4.79 Å². The molecule has 0 unspecified atom stereocenters. The summed E-state index contributed by atoms with van der Waals surface area (Å²) in [5.74, 6) is 0.417. The van der Waals surface area contributed by atoms with Gasteiger partial charge in [-0.1, -0.05) is 6.42 Å². The van der Waals surface area contributed by atoms with Crippen molar-refractivity contribution in [3.8, 4) is 0 Å². The van der Waals surface area contributed by atoms with Crippen LogP contribution in [0.1, 0.15) is 19.3 Å². The minimum atomic E-state index is -0.167. The van der Waals surface area contributed by atoms with Gasteiger partial charge in [0.2, 0.25) is 0 Å². The second-order valence-corrected chi connectivity index (χ2v) is 5.56. The van der Waals surface area contributed by atoms with Gasteiger partial charge in [-0.15, -0.1) is 0 Å². The van der Waals surface area contributed by atoms with Gasteiger partial charge in [0.15, 0.2) is 0 Å². The first-order chi connectivity index (χ1) is 8.59. The maximum atomic E-state index is 12.1. The molecule has 5 nitrogen and oxygen atoms in total. The summed E-state index contributed by atoms with van der Waals surface area (Å²) in [5, 5.41) is 0. The number of morpholine rings is 1. The number of hydrogen-bond donors (Lipinski definition) is 0. The molecule has 0 aromatic heterocycles. The highest BCUT2D eigenvalue weighted by Crippen LogP contribution is 2.41. The van der Waals surface area contributed by atoms with Crippen molar-refractivity contribution in [2.75, 3.05) is 47.5 Å². The fourth-order valence-corrected chi connectivity index (χ4v) is 3.20. The van der Waals surface area contributed by atoms with E-state index in [1.54, 1.807) is 26.1 Å². The second-order valence-electron chi connectivity index (χ2n) is 5.56. The number of nitrogens with zero attached hydrogens (tertiary/aromatic N) is 2. The van der Waals surface area contributed by atoms with E-state index in [9.17, 15) is 4.79 Å². The van der Waals surface area contributed by atoms with Gasteiger partial charge < -0.3 is 19.3 Å². The van der Waals surface area contributed by atoms with Crippen LogP contribution >= 0.6 is 0 Å². The van der Waals surface area contributed by atoms with E-state index in [4.69, 9.17) is 9.47 Å². The lowest BCUT2D eigenvalue weighted by atomic mass is 9.89. The fraction of sp³-hybridized carbons (Fsp3) is 0.923. The maximum Gasteiger partial charge on any atom is 0.319 e. The van der Waals surface area contributed by atoms with Crippen LogP contribution in [-0.2, 0) is 9.47 Å². The van der Waals surface area contributed by atoms with Gasteiger partial charge in [-0.05, 0) is 12.8 Å². The molecule has 2 atom stereocenters. The monoisotopic (exact) mass is 256 g/mol. The number of ether oxygens (including phenoxy) is 2. The lowest BCUT2D eigenvalue weighted by Crippen LogP contribution is -2.57. The first kappa shape index (κ1) is 13.6. The SMILES string of the molecule is COC[C@@H]1CCC[C@@]12CN(C(=O)N(C)C)CCO2. The Bertz CT molecular complexity index is 309. The normalized spacial score (nSPS) is 31.9. The highest BCUT2D eigenvalue weighted by atomic mass is 16.5. The van der Waals surface area contributed by atoms with Gasteiger partial charge in [-0.3, -0.25) is 0 Å². The zero-order chi connectivity index (χ0) is 13.2. The Balaban J connectivity index is 2.07. The maximum absolute atomic E-state index is 12.1. The van der Waals surface area contributed by atoms with Crippen molar-refractivity contribution >= 4 is 6.03 Å². The Morgan fingerprint density at radius 3 is 3.00 bits per heavy atom. The third-order valence-electron chi connectivity index (χ3n) is 4.13. The highest BCUT2D eigenvalue weighted by molar-refractivity contribution is 5.74. The molecule has 0 aromatic rings. The minimum Gasteiger partial charge on any atom is -0.384 e. The Morgan fingerprint density at radius 2 is 2.33 bits per heavy atom. The fourth-order valence-electron chi connectivity index (χ4n) is 3.20. The van der Waals surface area contributed by atoms with Crippen LogP contribution in [0.2, 0.25) is 0 Å². The summed E-state index contributed by atoms with van der Waals surface area (Å²) >= 11 is 0. The summed E-state index contributed by atoms with van der Waals surface area (Å²) < 4.78 is 11.4. The lowest BCUT2D eigenvalue weighted by molar-refractivity contribution is -0.130. The number of hydrogen-bond acceptors (Lipinski definition) is 3. The van der Waals surface area contributed by atoms with E-state index in [1.165, 1.54) is 0 Å². The largest absolute Gasteiger partial charge is 0.384 e. The van der Waals surface area contributed by atoms with Gasteiger partial charge in [0, 0.05) is 33.7 Å². The molecule has 2 amide bonds. The first-order valence-corrected chi connectivity index (χ1v) is 6.68. The van der Waals surface area contributed by atoms with Crippen molar-refractivity contribution in [2.45, 2.75) is 24.9 Å². The lowest BCUT2D eigenvalue weighted by Gasteiger charge is -2.44. The van der Waals surface area contributed by atoms with Gasteiger partial charge in [-0.2, -0.15) is 0 Å². The molecule has 2 aliphatic rings. The summed E-state index contributed by atoms with van der Waals surface area (Å²) in [4.78, 5) is 15.6. The number of carbonyl (C=O) groups is 1. The molecule has 18 heavy (non-hydrogen) atoms. The minimum absolute atomic E-state index is 0.0840. The zero-order valence-electron chi connectivity index (χ0n) is 11.6. The van der Waals surface area contributed by atoms with Gasteiger partial charge in [0.05, 0.1) is 25.4 Å². The van der Waals surface area contributed by atoms with E-state index in [0.29, 0.717) is 25.6 Å². The summed E-state index contributed by atoms with van der Waals surface area (Å²) in [7, 11) is 5.33. The third kappa shape index (κ3) is 2.47. The average Bonchev–Trinajstić information content (AvgIpc) is 2.72. The molecule has 1 aliphatic heterocycles. The molecule has 0 radical (unpaired) electrons. The summed E-state index contributed by atoms with van der Waals surface area (Å²) in [6, 6.07) is 0.0840. The number of carbonyl (C=O) groups excluding carboxylic acids is 1. The molecule has 0 aromatic carbocycles. The van der Waals surface area contributed by atoms with Crippen molar-refractivity contribution in [1.82, 2.24) is 9.80 Å². The molecule has 1 aliphatic carbocycles. The van der Waals surface area contributed by atoms with Gasteiger partial charge in [0.1, 0.15) is 0 Å². The van der Waals surface area contributed by atoms with Crippen molar-refractivity contribution in [2.24, 2.45) is 5.92 Å². The molecule has 2 rings (SSSR count). The van der Waals surface area contributed by atoms with Crippen LogP contribution in [0.3, 0.4) is 0 Å². The van der Waals surface area contributed by atoms with Crippen LogP contribution < -0.4 is 0 Å². The number of amides is 2. The Kier molecular flexibility index (Phi) is 4.12. The quantitative estimate of drug-likeness (QED) is 0.745. The molecule has 1 heterocycles. The van der Waals surface area contributed by atoms with E-state index in [2.05, 4.69) is 0 Å². The van der Waals surface area contributed by atoms with Crippen LogP contribution in [0.5, 0.6) is 0 Å². The van der Waals surface area contributed by atoms with E-state index >= 15 is 0 Å².